The second kappa shape index (κ2) is 7.41. The number of thioether (sulfide) groups is 1. The first-order valence-electron chi connectivity index (χ1n) is 9.73. The molecule has 2 fully saturated rings. The highest BCUT2D eigenvalue weighted by atomic mass is 32.2. The number of nitrogens with zero attached hydrogens (tertiary/aromatic N) is 3. The number of amidine groups is 1. The van der Waals surface area contributed by atoms with Crippen LogP contribution in [0.3, 0.4) is 0 Å². The minimum Gasteiger partial charge on any atom is -0.473 e. The normalized spacial score (nSPS) is 27.4. The van der Waals surface area contributed by atoms with Crippen molar-refractivity contribution >= 4 is 28.5 Å². The second-order valence-electron chi connectivity index (χ2n) is 7.76. The van der Waals surface area contributed by atoms with Crippen LogP contribution in [-0.2, 0) is 10.3 Å². The van der Waals surface area contributed by atoms with E-state index in [-0.39, 0.29) is 47.2 Å². The number of nitrogens with two attached hydrogens (primary N) is 1. The number of alkyl halides is 1. The van der Waals surface area contributed by atoms with Gasteiger partial charge in [-0.15, -0.1) is 0 Å². The molecule has 1 amide bonds. The smallest absolute Gasteiger partial charge is 0.275 e. The van der Waals surface area contributed by atoms with E-state index in [0.717, 1.165) is 30.7 Å². The number of hydrogen-bond donors (Lipinski definition) is 2. The van der Waals surface area contributed by atoms with E-state index in [1.165, 1.54) is 24.5 Å². The van der Waals surface area contributed by atoms with Crippen molar-refractivity contribution in [3.63, 3.8) is 0 Å². The molecule has 1 saturated heterocycles. The summed E-state index contributed by atoms with van der Waals surface area (Å²) in [7, 11) is 0. The summed E-state index contributed by atoms with van der Waals surface area (Å²) in [6.07, 6.45) is 4.82. The van der Waals surface area contributed by atoms with Gasteiger partial charge in [-0.1, -0.05) is 11.8 Å². The number of carbonyl (C=O) groups excluding carboxylic acids is 1. The molecular weight excluding hydrogens is 428 g/mol. The average Bonchev–Trinajstić information content (AvgIpc) is 3.50. The van der Waals surface area contributed by atoms with Crippen LogP contribution in [0.4, 0.5) is 14.5 Å². The Hall–Kier alpha value is -2.79. The fourth-order valence-corrected chi connectivity index (χ4v) is 4.58. The van der Waals surface area contributed by atoms with Gasteiger partial charge in [0.1, 0.15) is 17.6 Å². The summed E-state index contributed by atoms with van der Waals surface area (Å²) in [5.41, 5.74) is 2.63. The van der Waals surface area contributed by atoms with Crippen LogP contribution in [-0.4, -0.2) is 51.8 Å². The molecule has 162 valence electrons. The van der Waals surface area contributed by atoms with Crippen molar-refractivity contribution in [3.05, 3.63) is 47.7 Å². The maximum Gasteiger partial charge on any atom is 0.275 e. The summed E-state index contributed by atoms with van der Waals surface area (Å²) >= 11 is 1.07. The Morgan fingerprint density at radius 1 is 1.29 bits per heavy atom. The lowest BCUT2D eigenvalue weighted by atomic mass is 9.79. The Kier molecular flexibility index (Phi) is 4.82. The molecule has 3 heterocycles. The van der Waals surface area contributed by atoms with Gasteiger partial charge in [-0.3, -0.25) is 4.79 Å². The molecule has 8 nitrogen and oxygen atoms in total. The third kappa shape index (κ3) is 3.61. The molecule has 0 radical (unpaired) electrons. The van der Waals surface area contributed by atoms with Gasteiger partial charge in [0.25, 0.3) is 5.91 Å². The predicted molar refractivity (Wildman–Crippen MR) is 110 cm³/mol. The zero-order valence-corrected chi connectivity index (χ0v) is 17.1. The Morgan fingerprint density at radius 2 is 2.13 bits per heavy atom. The van der Waals surface area contributed by atoms with Gasteiger partial charge in [-0.2, -0.15) is 0 Å². The molecule has 2 atom stereocenters. The number of hydrogen-bond acceptors (Lipinski definition) is 8. The van der Waals surface area contributed by atoms with E-state index in [9.17, 15) is 9.18 Å². The number of anilines is 1. The molecule has 0 spiro atoms. The van der Waals surface area contributed by atoms with Crippen molar-refractivity contribution in [1.82, 2.24) is 9.97 Å². The number of fused-ring (bicyclic) bond motifs is 1. The van der Waals surface area contributed by atoms with Gasteiger partial charge in [-0.25, -0.2) is 23.7 Å². The van der Waals surface area contributed by atoms with Gasteiger partial charge in [0.2, 0.25) is 5.88 Å². The lowest BCUT2D eigenvalue weighted by Crippen LogP contribution is -2.52. The largest absolute Gasteiger partial charge is 0.473 e. The summed E-state index contributed by atoms with van der Waals surface area (Å²) in [5, 5.41) is 2.80. The highest BCUT2D eigenvalue weighted by molar-refractivity contribution is 8.13. The van der Waals surface area contributed by atoms with Crippen molar-refractivity contribution in [3.8, 4) is 5.88 Å². The van der Waals surface area contributed by atoms with E-state index in [4.69, 9.17) is 15.2 Å². The molecule has 3 aliphatic rings. The molecule has 5 rings (SSSR count). The van der Waals surface area contributed by atoms with Crippen molar-refractivity contribution in [2.24, 2.45) is 10.7 Å². The van der Waals surface area contributed by atoms with Gasteiger partial charge in [0, 0.05) is 17.0 Å². The molecule has 1 aromatic heterocycles. The Labute approximate surface area is 180 Å². The number of amides is 1. The van der Waals surface area contributed by atoms with Crippen molar-refractivity contribution in [1.29, 1.82) is 0 Å². The van der Waals surface area contributed by atoms with E-state index < -0.39 is 22.9 Å². The number of aliphatic imine (C=N–C) groups is 1. The van der Waals surface area contributed by atoms with E-state index in [2.05, 4.69) is 20.3 Å². The molecule has 0 bridgehead atoms. The van der Waals surface area contributed by atoms with Crippen LogP contribution in [0, 0.1) is 5.82 Å². The van der Waals surface area contributed by atoms with E-state index >= 15 is 4.39 Å². The second-order valence-corrected chi connectivity index (χ2v) is 8.76. The van der Waals surface area contributed by atoms with Gasteiger partial charge >= 0.3 is 0 Å². The van der Waals surface area contributed by atoms with Crippen LogP contribution in [0.25, 0.3) is 0 Å². The van der Waals surface area contributed by atoms with Crippen molar-refractivity contribution < 1.29 is 23.0 Å². The SMILES string of the molecule is NC1=N[C@@]2(c3cc(NC(=O)c4cnc(OC5CC5)cn4)ccc3F)COC[C@@]2(F)CS1. The number of rotatable bonds is 5. The fraction of sp³-hybridized carbons (Fsp3) is 0.400. The van der Waals surface area contributed by atoms with Gasteiger partial charge in [0.05, 0.1) is 25.6 Å². The minimum absolute atomic E-state index is 0.00320. The number of carbonyl (C=O) groups is 1. The maximum atomic E-state index is 15.7. The zero-order chi connectivity index (χ0) is 21.6. The lowest BCUT2D eigenvalue weighted by Gasteiger charge is -2.38. The monoisotopic (exact) mass is 447 g/mol. The van der Waals surface area contributed by atoms with Crippen LogP contribution < -0.4 is 15.8 Å². The Bertz CT molecular complexity index is 1070. The number of aromatic nitrogens is 2. The van der Waals surface area contributed by atoms with Gasteiger partial charge < -0.3 is 20.5 Å². The molecule has 31 heavy (non-hydrogen) atoms. The standard InChI is InChI=1S/C20H19F2N5O3S/c21-14-4-1-11(26-17(28)15-6-25-16(7-24-15)30-12-2-3-12)5-13(14)20-9-29-8-19(20,22)10-31-18(23)27-20/h1,4-7,12H,2-3,8-10H2,(H2,23,27)(H,26,28)/t19-,20-/m1/s1. The lowest BCUT2D eigenvalue weighted by molar-refractivity contribution is 0.102. The first-order chi connectivity index (χ1) is 14.9. The summed E-state index contributed by atoms with van der Waals surface area (Å²) in [4.78, 5) is 25.0. The van der Waals surface area contributed by atoms with Crippen LogP contribution >= 0.6 is 11.8 Å². The molecule has 1 aromatic carbocycles. The highest BCUT2D eigenvalue weighted by Crippen LogP contribution is 2.50. The molecule has 11 heteroatoms. The van der Waals surface area contributed by atoms with Gasteiger partial charge in [0.15, 0.2) is 16.4 Å². The average molecular weight is 447 g/mol. The van der Waals surface area contributed by atoms with Crippen LogP contribution in [0.5, 0.6) is 5.88 Å². The molecular formula is C20H19F2N5O3S. The fourth-order valence-electron chi connectivity index (χ4n) is 3.66. The topological polar surface area (TPSA) is 112 Å². The van der Waals surface area contributed by atoms with E-state index in [0.29, 0.717) is 5.88 Å². The van der Waals surface area contributed by atoms with E-state index in [1.807, 2.05) is 0 Å². The number of ether oxygens (including phenoxy) is 2. The maximum absolute atomic E-state index is 15.7. The molecule has 2 aliphatic heterocycles. The van der Waals surface area contributed by atoms with Crippen molar-refractivity contribution in [2.45, 2.75) is 30.2 Å². The molecule has 1 aliphatic carbocycles. The summed E-state index contributed by atoms with van der Waals surface area (Å²) in [6, 6.07) is 3.90. The quantitative estimate of drug-likeness (QED) is 0.724. The predicted octanol–water partition coefficient (Wildman–Crippen LogP) is 2.40. The minimum atomic E-state index is -1.91. The third-order valence-corrected chi connectivity index (χ3v) is 6.46. The summed E-state index contributed by atoms with van der Waals surface area (Å²) in [5.74, 6) is -0.843. The molecule has 2 aromatic rings. The number of halogens is 2. The highest BCUT2D eigenvalue weighted by Gasteiger charge is 2.61. The van der Waals surface area contributed by atoms with Gasteiger partial charge in [-0.05, 0) is 31.0 Å². The van der Waals surface area contributed by atoms with Crippen LogP contribution in [0.1, 0.15) is 28.9 Å². The Balaban J connectivity index is 1.41. The molecule has 0 unspecified atom stereocenters. The molecule has 3 N–H and O–H groups in total. The summed E-state index contributed by atoms with van der Waals surface area (Å²) in [6.45, 7) is -0.356. The summed E-state index contributed by atoms with van der Waals surface area (Å²) < 4.78 is 41.3. The van der Waals surface area contributed by atoms with E-state index in [1.54, 1.807) is 0 Å². The molecule has 1 saturated carbocycles. The first kappa shape index (κ1) is 20.1. The number of nitrogens with one attached hydrogen (secondary N) is 1. The Morgan fingerprint density at radius 3 is 2.87 bits per heavy atom. The van der Waals surface area contributed by atoms with Crippen LogP contribution in [0.2, 0.25) is 0 Å². The third-order valence-electron chi connectivity index (χ3n) is 5.48. The zero-order valence-electron chi connectivity index (χ0n) is 16.3. The van der Waals surface area contributed by atoms with Crippen molar-refractivity contribution in [2.75, 3.05) is 24.3 Å². The number of benzene rings is 1. The van der Waals surface area contributed by atoms with Crippen LogP contribution in [0.15, 0.2) is 35.6 Å². The first-order valence-corrected chi connectivity index (χ1v) is 10.7.